The summed E-state index contributed by atoms with van der Waals surface area (Å²) >= 11 is 12.2. The Hall–Kier alpha value is -1.13. The van der Waals surface area contributed by atoms with Crippen LogP contribution in [0.25, 0.3) is 0 Å². The highest BCUT2D eigenvalue weighted by atomic mass is 35.5. The third kappa shape index (κ3) is 2.65. The summed E-state index contributed by atoms with van der Waals surface area (Å²) in [4.78, 5) is 4.25. The van der Waals surface area contributed by atoms with Crippen molar-refractivity contribution in [1.82, 2.24) is 10.4 Å². The molecule has 1 aromatic carbocycles. The van der Waals surface area contributed by atoms with E-state index in [-0.39, 0.29) is 6.04 Å². The van der Waals surface area contributed by atoms with Gasteiger partial charge in [0, 0.05) is 11.9 Å². The highest BCUT2D eigenvalue weighted by Gasteiger charge is 2.17. The van der Waals surface area contributed by atoms with E-state index in [2.05, 4.69) is 10.4 Å². The number of halogens is 2. The molecular weight excluding hydrogens is 269 g/mol. The summed E-state index contributed by atoms with van der Waals surface area (Å²) in [5.41, 5.74) is 5.46. The highest BCUT2D eigenvalue weighted by molar-refractivity contribution is 6.42. The van der Waals surface area contributed by atoms with Crippen molar-refractivity contribution >= 4 is 23.2 Å². The fraction of sp³-hybridized carbons (Fsp3) is 0.154. The summed E-state index contributed by atoms with van der Waals surface area (Å²) in [7, 11) is 0. The first kappa shape index (κ1) is 13.3. The Morgan fingerprint density at radius 1 is 1.22 bits per heavy atom. The van der Waals surface area contributed by atoms with Crippen LogP contribution in [-0.2, 0) is 0 Å². The largest absolute Gasteiger partial charge is 0.271 e. The molecule has 0 saturated heterocycles. The lowest BCUT2D eigenvalue weighted by Crippen LogP contribution is -2.29. The molecule has 0 aliphatic heterocycles. The average molecular weight is 282 g/mol. The number of nitrogens with one attached hydrogen (secondary N) is 1. The Balaban J connectivity index is 2.45. The molecule has 0 fully saturated rings. The Morgan fingerprint density at radius 3 is 2.61 bits per heavy atom. The van der Waals surface area contributed by atoms with Crippen molar-refractivity contribution in [2.24, 2.45) is 5.84 Å². The van der Waals surface area contributed by atoms with Crippen molar-refractivity contribution in [3.63, 3.8) is 0 Å². The third-order valence-electron chi connectivity index (χ3n) is 2.73. The summed E-state index contributed by atoms with van der Waals surface area (Å²) in [5.74, 6) is 5.61. The number of pyridine rings is 1. The van der Waals surface area contributed by atoms with E-state index in [1.54, 1.807) is 12.3 Å². The first-order valence-corrected chi connectivity index (χ1v) is 6.21. The molecule has 0 aliphatic carbocycles. The van der Waals surface area contributed by atoms with Gasteiger partial charge < -0.3 is 0 Å². The third-order valence-corrected chi connectivity index (χ3v) is 3.56. The summed E-state index contributed by atoms with van der Waals surface area (Å²) in [6, 6.07) is 9.13. The van der Waals surface area contributed by atoms with Crippen LogP contribution in [0.2, 0.25) is 10.0 Å². The first-order chi connectivity index (χ1) is 8.63. The van der Waals surface area contributed by atoms with Crippen molar-refractivity contribution in [3.8, 4) is 0 Å². The van der Waals surface area contributed by atoms with E-state index in [1.165, 1.54) is 0 Å². The SMILES string of the molecule is Cc1ccc(C(NN)c2cccc(Cl)c2Cl)cn1. The molecule has 0 radical (unpaired) electrons. The molecule has 2 aromatic rings. The maximum atomic E-state index is 6.20. The summed E-state index contributed by atoms with van der Waals surface area (Å²) in [6.07, 6.45) is 1.77. The molecule has 1 unspecified atom stereocenters. The Morgan fingerprint density at radius 2 is 2.00 bits per heavy atom. The number of rotatable bonds is 3. The lowest BCUT2D eigenvalue weighted by molar-refractivity contribution is 0.634. The van der Waals surface area contributed by atoms with E-state index in [9.17, 15) is 0 Å². The van der Waals surface area contributed by atoms with E-state index in [0.717, 1.165) is 16.8 Å². The fourth-order valence-corrected chi connectivity index (χ4v) is 2.18. The molecule has 3 nitrogen and oxygen atoms in total. The predicted molar refractivity (Wildman–Crippen MR) is 74.6 cm³/mol. The number of hydrogen-bond acceptors (Lipinski definition) is 3. The van der Waals surface area contributed by atoms with Crippen LogP contribution < -0.4 is 11.3 Å². The minimum atomic E-state index is -0.232. The van der Waals surface area contributed by atoms with Crippen molar-refractivity contribution in [1.29, 1.82) is 0 Å². The standard InChI is InChI=1S/C13H13Cl2N3/c1-8-5-6-9(7-17-8)13(18-16)10-3-2-4-11(14)12(10)15/h2-7,13,18H,16H2,1H3. The van der Waals surface area contributed by atoms with E-state index >= 15 is 0 Å². The molecular formula is C13H13Cl2N3. The second-order valence-corrected chi connectivity index (χ2v) is 4.76. The van der Waals surface area contributed by atoms with Gasteiger partial charge in [0.2, 0.25) is 0 Å². The molecule has 1 aromatic heterocycles. The smallest absolute Gasteiger partial charge is 0.0739 e. The predicted octanol–water partition coefficient (Wildman–Crippen LogP) is 3.25. The van der Waals surface area contributed by atoms with E-state index < -0.39 is 0 Å². The molecule has 1 heterocycles. The lowest BCUT2D eigenvalue weighted by atomic mass is 10.0. The van der Waals surface area contributed by atoms with Gasteiger partial charge >= 0.3 is 0 Å². The topological polar surface area (TPSA) is 50.9 Å². The maximum Gasteiger partial charge on any atom is 0.0739 e. The lowest BCUT2D eigenvalue weighted by Gasteiger charge is -2.18. The number of benzene rings is 1. The second-order valence-electron chi connectivity index (χ2n) is 3.98. The van der Waals surface area contributed by atoms with Crippen molar-refractivity contribution in [2.75, 3.05) is 0 Å². The molecule has 0 amide bonds. The normalized spacial score (nSPS) is 12.4. The number of hydrazine groups is 1. The molecule has 18 heavy (non-hydrogen) atoms. The Kier molecular flexibility index (Phi) is 4.19. The van der Waals surface area contributed by atoms with Gasteiger partial charge in [-0.3, -0.25) is 10.8 Å². The maximum absolute atomic E-state index is 6.20. The molecule has 1 atom stereocenters. The number of hydrogen-bond donors (Lipinski definition) is 2. The highest BCUT2D eigenvalue weighted by Crippen LogP contribution is 2.32. The van der Waals surface area contributed by atoms with Gasteiger partial charge in [-0.1, -0.05) is 41.4 Å². The number of nitrogens with two attached hydrogens (primary N) is 1. The van der Waals surface area contributed by atoms with Crippen molar-refractivity contribution in [2.45, 2.75) is 13.0 Å². The van der Waals surface area contributed by atoms with E-state index in [0.29, 0.717) is 10.0 Å². The second kappa shape index (κ2) is 5.67. The van der Waals surface area contributed by atoms with Gasteiger partial charge in [0.05, 0.1) is 16.1 Å². The molecule has 5 heteroatoms. The quantitative estimate of drug-likeness (QED) is 0.671. The zero-order valence-corrected chi connectivity index (χ0v) is 11.3. The van der Waals surface area contributed by atoms with Crippen LogP contribution in [0.4, 0.5) is 0 Å². The molecule has 0 saturated carbocycles. The monoisotopic (exact) mass is 281 g/mol. The van der Waals surface area contributed by atoms with Gasteiger partial charge in [-0.25, -0.2) is 5.43 Å². The van der Waals surface area contributed by atoms with Crippen LogP contribution in [0.15, 0.2) is 36.5 Å². The van der Waals surface area contributed by atoms with Gasteiger partial charge in [-0.05, 0) is 30.2 Å². The van der Waals surface area contributed by atoms with Gasteiger partial charge in [-0.2, -0.15) is 0 Å². The molecule has 0 spiro atoms. The van der Waals surface area contributed by atoms with Gasteiger partial charge in [0.25, 0.3) is 0 Å². The van der Waals surface area contributed by atoms with E-state index in [1.807, 2.05) is 31.2 Å². The minimum Gasteiger partial charge on any atom is -0.271 e. The van der Waals surface area contributed by atoms with E-state index in [4.69, 9.17) is 29.0 Å². The van der Waals surface area contributed by atoms with Crippen LogP contribution in [0.1, 0.15) is 22.9 Å². The van der Waals surface area contributed by atoms with Crippen molar-refractivity contribution in [3.05, 3.63) is 63.4 Å². The fourth-order valence-electron chi connectivity index (χ4n) is 1.76. The number of aryl methyl sites for hydroxylation is 1. The first-order valence-electron chi connectivity index (χ1n) is 5.46. The summed E-state index contributed by atoms with van der Waals surface area (Å²) < 4.78 is 0. The van der Waals surface area contributed by atoms with Gasteiger partial charge in [0.1, 0.15) is 0 Å². The summed E-state index contributed by atoms with van der Waals surface area (Å²) in [6.45, 7) is 1.93. The van der Waals surface area contributed by atoms with Crippen LogP contribution in [0, 0.1) is 6.92 Å². The zero-order valence-electron chi connectivity index (χ0n) is 9.82. The zero-order chi connectivity index (χ0) is 13.1. The molecule has 0 bridgehead atoms. The van der Waals surface area contributed by atoms with Gasteiger partial charge in [0.15, 0.2) is 0 Å². The molecule has 2 rings (SSSR count). The van der Waals surface area contributed by atoms with Crippen molar-refractivity contribution < 1.29 is 0 Å². The Bertz CT molecular complexity index is 540. The minimum absolute atomic E-state index is 0.232. The van der Waals surface area contributed by atoms with Crippen LogP contribution >= 0.6 is 23.2 Å². The number of aromatic nitrogens is 1. The van der Waals surface area contributed by atoms with Crippen LogP contribution in [-0.4, -0.2) is 4.98 Å². The van der Waals surface area contributed by atoms with Crippen LogP contribution in [0.3, 0.4) is 0 Å². The summed E-state index contributed by atoms with van der Waals surface area (Å²) in [5, 5.41) is 1.01. The Labute approximate surface area is 116 Å². The van der Waals surface area contributed by atoms with Gasteiger partial charge in [-0.15, -0.1) is 0 Å². The molecule has 3 N–H and O–H groups in total. The number of nitrogens with zero attached hydrogens (tertiary/aromatic N) is 1. The average Bonchev–Trinajstić information content (AvgIpc) is 2.37. The van der Waals surface area contributed by atoms with Crippen LogP contribution in [0.5, 0.6) is 0 Å². The molecule has 94 valence electrons. The molecule has 0 aliphatic rings.